The van der Waals surface area contributed by atoms with Crippen molar-refractivity contribution in [3.63, 3.8) is 0 Å². The molecule has 27 heavy (non-hydrogen) atoms. The Kier molecular flexibility index (Phi) is 2.42. The zero-order valence-corrected chi connectivity index (χ0v) is 15.0. The van der Waals surface area contributed by atoms with Gasteiger partial charge in [-0.25, -0.2) is 0 Å². The third-order valence-electron chi connectivity index (χ3n) is 7.72. The highest BCUT2D eigenvalue weighted by molar-refractivity contribution is 6.17. The van der Waals surface area contributed by atoms with Crippen molar-refractivity contribution >= 4 is 21.7 Å². The Labute approximate surface area is 157 Å². The summed E-state index contributed by atoms with van der Waals surface area (Å²) in [5, 5.41) is 14.2. The number of benzene rings is 3. The van der Waals surface area contributed by atoms with Crippen LogP contribution in [0.25, 0.3) is 32.9 Å². The van der Waals surface area contributed by atoms with Gasteiger partial charge >= 0.3 is 0 Å². The summed E-state index contributed by atoms with van der Waals surface area (Å²) >= 11 is 0. The van der Waals surface area contributed by atoms with Crippen molar-refractivity contribution in [3.05, 3.63) is 65.9 Å². The van der Waals surface area contributed by atoms with Crippen LogP contribution in [0.5, 0.6) is 5.75 Å². The molecule has 7 rings (SSSR count). The van der Waals surface area contributed by atoms with E-state index in [1.807, 2.05) is 18.2 Å². The van der Waals surface area contributed by atoms with E-state index < -0.39 is 0 Å². The summed E-state index contributed by atoms with van der Waals surface area (Å²) in [5.41, 5.74) is 6.51. The number of hydrogen-bond acceptors (Lipinski definition) is 2. The highest BCUT2D eigenvalue weighted by atomic mass is 16.3. The molecular formula is C25H20O2. The molecule has 1 heterocycles. The molecule has 1 aromatic heterocycles. The number of phenolic OH excluding ortho intramolecular Hbond substituents is 1. The van der Waals surface area contributed by atoms with Gasteiger partial charge in [0.25, 0.3) is 0 Å². The molecule has 2 heteroatoms. The second-order valence-electron chi connectivity index (χ2n) is 8.74. The molecule has 4 aromatic rings. The quantitative estimate of drug-likeness (QED) is 0.398. The lowest BCUT2D eigenvalue weighted by molar-refractivity contribution is 0.326. The highest BCUT2D eigenvalue weighted by Crippen LogP contribution is 2.67. The number of hydrogen-bond donors (Lipinski definition) is 1. The first-order chi connectivity index (χ1) is 13.3. The van der Waals surface area contributed by atoms with Gasteiger partial charge in [0.05, 0.1) is 6.26 Å². The van der Waals surface area contributed by atoms with E-state index in [9.17, 15) is 5.11 Å². The molecule has 3 unspecified atom stereocenters. The minimum Gasteiger partial charge on any atom is -0.507 e. The molecule has 2 fully saturated rings. The van der Waals surface area contributed by atoms with Gasteiger partial charge in [0.1, 0.15) is 11.3 Å². The minimum atomic E-state index is 0.0897. The van der Waals surface area contributed by atoms with Crippen molar-refractivity contribution in [2.75, 3.05) is 0 Å². The van der Waals surface area contributed by atoms with Gasteiger partial charge in [-0.3, -0.25) is 0 Å². The van der Waals surface area contributed by atoms with Crippen LogP contribution in [0.4, 0.5) is 0 Å². The van der Waals surface area contributed by atoms with Crippen molar-refractivity contribution < 1.29 is 9.52 Å². The van der Waals surface area contributed by atoms with E-state index in [2.05, 4.69) is 30.3 Å². The van der Waals surface area contributed by atoms with Gasteiger partial charge in [0, 0.05) is 21.6 Å². The molecule has 132 valence electrons. The second-order valence-corrected chi connectivity index (χ2v) is 8.74. The van der Waals surface area contributed by atoms with Gasteiger partial charge in [0.2, 0.25) is 0 Å². The van der Waals surface area contributed by atoms with E-state index in [0.717, 1.165) is 27.7 Å². The van der Waals surface area contributed by atoms with E-state index in [4.69, 9.17) is 4.42 Å². The molecule has 2 nitrogen and oxygen atoms in total. The molecule has 3 aliphatic rings. The molecule has 3 atom stereocenters. The zero-order valence-electron chi connectivity index (χ0n) is 15.0. The monoisotopic (exact) mass is 352 g/mol. The fraction of sp³-hybridized carbons (Fsp3) is 0.280. The Morgan fingerprint density at radius 2 is 1.89 bits per heavy atom. The molecule has 2 saturated carbocycles. The maximum atomic E-state index is 11.0. The summed E-state index contributed by atoms with van der Waals surface area (Å²) in [7, 11) is 0. The largest absolute Gasteiger partial charge is 0.507 e. The number of furan rings is 1. The lowest BCUT2D eigenvalue weighted by atomic mass is 9.66. The highest BCUT2D eigenvalue weighted by Gasteiger charge is 2.57. The Hall–Kier alpha value is -2.74. The average Bonchev–Trinajstić information content (AvgIpc) is 3.46. The topological polar surface area (TPSA) is 33.4 Å². The SMILES string of the molecule is Oc1cc2c(c3c1ccc1occc13)-c1ccccc1C21CC2CCC1C2. The summed E-state index contributed by atoms with van der Waals surface area (Å²) in [6, 6.07) is 17.1. The van der Waals surface area contributed by atoms with Gasteiger partial charge in [-0.1, -0.05) is 30.7 Å². The Morgan fingerprint density at radius 3 is 2.74 bits per heavy atom. The van der Waals surface area contributed by atoms with Crippen LogP contribution < -0.4 is 0 Å². The van der Waals surface area contributed by atoms with Gasteiger partial charge in [-0.2, -0.15) is 0 Å². The summed E-state index contributed by atoms with van der Waals surface area (Å²) in [5.74, 6) is 1.93. The zero-order chi connectivity index (χ0) is 17.8. The third kappa shape index (κ3) is 1.52. The van der Waals surface area contributed by atoms with Gasteiger partial charge in [-0.15, -0.1) is 0 Å². The van der Waals surface area contributed by atoms with E-state index in [1.54, 1.807) is 6.26 Å². The van der Waals surface area contributed by atoms with Crippen LogP contribution in [-0.2, 0) is 5.41 Å². The van der Waals surface area contributed by atoms with E-state index in [0.29, 0.717) is 11.7 Å². The molecule has 1 spiro atoms. The van der Waals surface area contributed by atoms with Gasteiger partial charge < -0.3 is 9.52 Å². The predicted octanol–water partition coefficient (Wildman–Crippen LogP) is 6.38. The minimum absolute atomic E-state index is 0.0897. The fourth-order valence-electron chi connectivity index (χ4n) is 6.80. The van der Waals surface area contributed by atoms with Crippen molar-refractivity contribution in [1.82, 2.24) is 0 Å². The van der Waals surface area contributed by atoms with Gasteiger partial charge in [0.15, 0.2) is 0 Å². The molecule has 0 saturated heterocycles. The normalized spacial score (nSPS) is 27.7. The van der Waals surface area contributed by atoms with Crippen LogP contribution >= 0.6 is 0 Å². The first kappa shape index (κ1) is 14.3. The molecule has 3 aliphatic carbocycles. The van der Waals surface area contributed by atoms with Crippen LogP contribution in [0, 0.1) is 11.8 Å². The molecule has 0 radical (unpaired) electrons. The Morgan fingerprint density at radius 1 is 0.963 bits per heavy atom. The van der Waals surface area contributed by atoms with E-state index >= 15 is 0 Å². The molecule has 3 aromatic carbocycles. The average molecular weight is 352 g/mol. The predicted molar refractivity (Wildman–Crippen MR) is 107 cm³/mol. The maximum Gasteiger partial charge on any atom is 0.134 e. The Balaban J connectivity index is 1.71. The fourth-order valence-corrected chi connectivity index (χ4v) is 6.80. The smallest absolute Gasteiger partial charge is 0.134 e. The number of rotatable bonds is 0. The summed E-state index contributed by atoms with van der Waals surface area (Å²) in [6.07, 6.45) is 7.01. The van der Waals surface area contributed by atoms with Gasteiger partial charge in [-0.05, 0) is 77.6 Å². The molecule has 0 aliphatic heterocycles. The number of aromatic hydroxyl groups is 1. The summed E-state index contributed by atoms with van der Waals surface area (Å²) in [6.45, 7) is 0. The van der Waals surface area contributed by atoms with Crippen molar-refractivity contribution in [2.24, 2.45) is 11.8 Å². The second kappa shape index (κ2) is 4.56. The van der Waals surface area contributed by atoms with Crippen LogP contribution in [0.1, 0.15) is 36.8 Å². The standard InChI is InChI=1S/C25H20O2/c26-21-12-20-24(23-17(21)7-8-22-18(23)9-10-27-22)16-3-1-2-4-19(16)25(20)13-14-5-6-15(25)11-14/h1-4,7-10,12,14-15,26H,5-6,11,13H2. The lowest BCUT2D eigenvalue weighted by Gasteiger charge is -2.36. The number of fused-ring (bicyclic) bond motifs is 12. The Bertz CT molecular complexity index is 1260. The van der Waals surface area contributed by atoms with E-state index in [-0.39, 0.29) is 5.41 Å². The van der Waals surface area contributed by atoms with Crippen molar-refractivity contribution in [1.29, 1.82) is 0 Å². The lowest BCUT2D eigenvalue weighted by Crippen LogP contribution is -2.31. The van der Waals surface area contributed by atoms with Crippen LogP contribution in [-0.4, -0.2) is 5.11 Å². The molecule has 0 amide bonds. The first-order valence-electron chi connectivity index (χ1n) is 10.0. The first-order valence-corrected chi connectivity index (χ1v) is 10.0. The maximum absolute atomic E-state index is 11.0. The van der Waals surface area contributed by atoms with Crippen LogP contribution in [0.3, 0.4) is 0 Å². The van der Waals surface area contributed by atoms with Crippen molar-refractivity contribution in [3.8, 4) is 16.9 Å². The van der Waals surface area contributed by atoms with Crippen LogP contribution in [0.2, 0.25) is 0 Å². The molecule has 1 N–H and O–H groups in total. The molecular weight excluding hydrogens is 332 g/mol. The number of phenols is 1. The molecule has 2 bridgehead atoms. The third-order valence-corrected chi connectivity index (χ3v) is 7.72. The van der Waals surface area contributed by atoms with E-state index in [1.165, 1.54) is 47.9 Å². The van der Waals surface area contributed by atoms with Crippen molar-refractivity contribution in [2.45, 2.75) is 31.1 Å². The summed E-state index contributed by atoms with van der Waals surface area (Å²) in [4.78, 5) is 0. The van der Waals surface area contributed by atoms with Crippen LogP contribution in [0.15, 0.2) is 59.2 Å². The summed E-state index contributed by atoms with van der Waals surface area (Å²) < 4.78 is 5.70.